The Hall–Kier alpha value is -1.55. The second-order valence-electron chi connectivity index (χ2n) is 7.55. The Morgan fingerprint density at radius 1 is 1.26 bits per heavy atom. The number of hydrogen-bond acceptors (Lipinski definition) is 4. The van der Waals surface area contributed by atoms with Crippen LogP contribution in [0.5, 0.6) is 11.5 Å². The number of carbonyl (C=O) groups excluding carboxylic acids is 1. The number of aromatic hydroxyl groups is 2. The van der Waals surface area contributed by atoms with Crippen LogP contribution in [-0.2, 0) is 11.2 Å². The summed E-state index contributed by atoms with van der Waals surface area (Å²) in [6.07, 6.45) is 3.94. The van der Waals surface area contributed by atoms with Gasteiger partial charge in [-0.1, -0.05) is 13.0 Å². The number of carbonyl (C=O) groups is 1. The van der Waals surface area contributed by atoms with Crippen LogP contribution in [0, 0.1) is 24.2 Å². The van der Waals surface area contributed by atoms with Crippen molar-refractivity contribution >= 4 is 5.78 Å². The number of hydrogen-bond donors (Lipinski definition) is 3. The van der Waals surface area contributed by atoms with Gasteiger partial charge in [0.25, 0.3) is 0 Å². The van der Waals surface area contributed by atoms with E-state index in [-0.39, 0.29) is 34.9 Å². The molecule has 1 aromatic rings. The summed E-state index contributed by atoms with van der Waals surface area (Å²) in [5, 5.41) is 30.1. The van der Waals surface area contributed by atoms with E-state index in [1.54, 1.807) is 6.07 Å². The topological polar surface area (TPSA) is 77.8 Å². The zero-order valence-corrected chi connectivity index (χ0v) is 13.9. The number of phenolic OH excluding ortho intramolecular Hbond substituents is 2. The third-order valence-corrected chi connectivity index (χ3v) is 6.37. The van der Waals surface area contributed by atoms with Crippen molar-refractivity contribution in [2.75, 3.05) is 0 Å². The second kappa shape index (κ2) is 5.82. The molecule has 0 radical (unpaired) electrons. The quantitative estimate of drug-likeness (QED) is 0.748. The molecular formula is C19H26O4. The van der Waals surface area contributed by atoms with Crippen molar-refractivity contribution in [3.05, 3.63) is 23.3 Å². The molecule has 0 saturated heterocycles. The summed E-state index contributed by atoms with van der Waals surface area (Å²) in [6, 6.07) is 3.28. The molecule has 23 heavy (non-hydrogen) atoms. The summed E-state index contributed by atoms with van der Waals surface area (Å²) in [5.74, 6) is 0.300. The highest BCUT2D eigenvalue weighted by Crippen LogP contribution is 2.54. The Labute approximate surface area is 137 Å². The van der Waals surface area contributed by atoms with Gasteiger partial charge in [0.2, 0.25) is 0 Å². The maximum atomic E-state index is 12.5. The molecule has 0 amide bonds. The van der Waals surface area contributed by atoms with Crippen LogP contribution >= 0.6 is 0 Å². The van der Waals surface area contributed by atoms with Crippen LogP contribution in [0.25, 0.3) is 0 Å². The first-order chi connectivity index (χ1) is 10.8. The molecule has 0 bridgehead atoms. The lowest BCUT2D eigenvalue weighted by atomic mass is 9.62. The molecule has 0 aromatic heterocycles. The fraction of sp³-hybridized carbons (Fsp3) is 0.632. The van der Waals surface area contributed by atoms with Gasteiger partial charge in [-0.3, -0.25) is 4.79 Å². The Morgan fingerprint density at radius 3 is 2.74 bits per heavy atom. The fourth-order valence-electron chi connectivity index (χ4n) is 4.76. The first kappa shape index (κ1) is 16.3. The minimum absolute atomic E-state index is 0.0490. The summed E-state index contributed by atoms with van der Waals surface area (Å²) in [5.41, 5.74) is 1.51. The Morgan fingerprint density at radius 2 is 2.00 bits per heavy atom. The average molecular weight is 318 g/mol. The van der Waals surface area contributed by atoms with E-state index in [9.17, 15) is 20.1 Å². The molecule has 0 aliphatic heterocycles. The van der Waals surface area contributed by atoms with Gasteiger partial charge in [0.05, 0.1) is 6.10 Å². The maximum Gasteiger partial charge on any atom is 0.160 e. The number of rotatable bonds is 3. The van der Waals surface area contributed by atoms with Gasteiger partial charge < -0.3 is 15.3 Å². The van der Waals surface area contributed by atoms with Crippen molar-refractivity contribution in [2.45, 2.75) is 58.5 Å². The van der Waals surface area contributed by atoms with Gasteiger partial charge in [-0.15, -0.1) is 0 Å². The minimum atomic E-state index is -0.306. The highest BCUT2D eigenvalue weighted by atomic mass is 16.3. The molecule has 3 N–H and O–H groups in total. The van der Waals surface area contributed by atoms with E-state index >= 15 is 0 Å². The minimum Gasteiger partial charge on any atom is -0.504 e. The van der Waals surface area contributed by atoms with E-state index < -0.39 is 0 Å². The fourth-order valence-corrected chi connectivity index (χ4v) is 4.76. The predicted molar refractivity (Wildman–Crippen MR) is 87.4 cm³/mol. The third kappa shape index (κ3) is 2.63. The zero-order chi connectivity index (χ0) is 16.8. The summed E-state index contributed by atoms with van der Waals surface area (Å²) in [7, 11) is 0. The van der Waals surface area contributed by atoms with Crippen LogP contribution in [0.2, 0.25) is 0 Å². The van der Waals surface area contributed by atoms with Crippen LogP contribution in [0.1, 0.15) is 50.2 Å². The SMILES string of the molecule is Cc1ccc(O)c(O)c1CCC1C(=O)CC[C@]2(C)C(O)CC[C@@H]12. The van der Waals surface area contributed by atoms with E-state index in [1.807, 2.05) is 6.92 Å². The molecule has 126 valence electrons. The summed E-state index contributed by atoms with van der Waals surface area (Å²) < 4.78 is 0. The van der Waals surface area contributed by atoms with Gasteiger partial charge >= 0.3 is 0 Å². The highest BCUT2D eigenvalue weighted by Gasteiger charge is 2.53. The first-order valence-corrected chi connectivity index (χ1v) is 8.55. The molecular weight excluding hydrogens is 292 g/mol. The van der Waals surface area contributed by atoms with Crippen LogP contribution < -0.4 is 0 Å². The predicted octanol–water partition coefficient (Wildman–Crippen LogP) is 3.10. The van der Waals surface area contributed by atoms with Crippen LogP contribution in [0.3, 0.4) is 0 Å². The van der Waals surface area contributed by atoms with Gasteiger partial charge in [0.15, 0.2) is 11.5 Å². The molecule has 2 aliphatic carbocycles. The number of aliphatic hydroxyl groups is 1. The molecule has 3 rings (SSSR count). The number of benzene rings is 1. The number of aryl methyl sites for hydroxylation is 1. The van der Waals surface area contributed by atoms with E-state index in [0.29, 0.717) is 25.0 Å². The van der Waals surface area contributed by atoms with Crippen LogP contribution in [0.15, 0.2) is 12.1 Å². The van der Waals surface area contributed by atoms with Crippen LogP contribution in [-0.4, -0.2) is 27.2 Å². The maximum absolute atomic E-state index is 12.5. The van der Waals surface area contributed by atoms with Crippen molar-refractivity contribution < 1.29 is 20.1 Å². The molecule has 4 nitrogen and oxygen atoms in total. The summed E-state index contributed by atoms with van der Waals surface area (Å²) in [4.78, 5) is 12.5. The Balaban J connectivity index is 1.80. The molecule has 2 unspecified atom stereocenters. The lowest BCUT2D eigenvalue weighted by molar-refractivity contribution is -0.133. The molecule has 2 saturated carbocycles. The lowest BCUT2D eigenvalue weighted by Gasteiger charge is -2.42. The Kier molecular flexibility index (Phi) is 4.13. The van der Waals surface area contributed by atoms with Crippen molar-refractivity contribution in [1.82, 2.24) is 0 Å². The van der Waals surface area contributed by atoms with E-state index in [1.165, 1.54) is 6.07 Å². The second-order valence-corrected chi connectivity index (χ2v) is 7.55. The average Bonchev–Trinajstić information content (AvgIpc) is 2.82. The van der Waals surface area contributed by atoms with Crippen molar-refractivity contribution in [3.8, 4) is 11.5 Å². The third-order valence-electron chi connectivity index (χ3n) is 6.37. The number of phenols is 2. The molecule has 0 heterocycles. The van der Waals surface area contributed by atoms with Crippen LogP contribution in [0.4, 0.5) is 0 Å². The number of ketones is 1. The summed E-state index contributed by atoms with van der Waals surface area (Å²) in [6.45, 7) is 4.02. The standard InChI is InChI=1S/C19H26O4/c1-11-3-7-16(21)18(23)12(11)4-5-13-14-6-8-17(22)19(14,2)10-9-15(13)20/h3,7,13-14,17,21-23H,4-6,8-10H2,1-2H3/t13?,14-,17?,19-/m0/s1. The van der Waals surface area contributed by atoms with Gasteiger partial charge in [0, 0.05) is 17.9 Å². The van der Waals surface area contributed by atoms with Gasteiger partial charge in [-0.05, 0) is 62.0 Å². The molecule has 2 aliphatic rings. The van der Waals surface area contributed by atoms with E-state index in [4.69, 9.17) is 0 Å². The Bertz CT molecular complexity index is 624. The largest absolute Gasteiger partial charge is 0.504 e. The van der Waals surface area contributed by atoms with Gasteiger partial charge in [0.1, 0.15) is 5.78 Å². The summed E-state index contributed by atoms with van der Waals surface area (Å²) >= 11 is 0. The normalized spacial score (nSPS) is 33.7. The molecule has 4 atom stereocenters. The van der Waals surface area contributed by atoms with Crippen molar-refractivity contribution in [1.29, 1.82) is 0 Å². The highest BCUT2D eigenvalue weighted by molar-refractivity contribution is 5.82. The van der Waals surface area contributed by atoms with E-state index in [2.05, 4.69) is 6.92 Å². The zero-order valence-electron chi connectivity index (χ0n) is 13.9. The first-order valence-electron chi connectivity index (χ1n) is 8.55. The van der Waals surface area contributed by atoms with Crippen molar-refractivity contribution in [2.24, 2.45) is 17.3 Å². The number of Topliss-reactive ketones (excluding diaryl/α,β-unsaturated/α-hetero) is 1. The molecule has 2 fully saturated rings. The monoisotopic (exact) mass is 318 g/mol. The number of fused-ring (bicyclic) bond motifs is 1. The molecule has 1 aromatic carbocycles. The lowest BCUT2D eigenvalue weighted by Crippen LogP contribution is -2.43. The molecule has 0 spiro atoms. The van der Waals surface area contributed by atoms with E-state index in [0.717, 1.165) is 30.4 Å². The molecule has 4 heteroatoms. The van der Waals surface area contributed by atoms with Gasteiger partial charge in [-0.2, -0.15) is 0 Å². The van der Waals surface area contributed by atoms with Gasteiger partial charge in [-0.25, -0.2) is 0 Å². The van der Waals surface area contributed by atoms with Crippen molar-refractivity contribution in [3.63, 3.8) is 0 Å². The smallest absolute Gasteiger partial charge is 0.160 e. The number of aliphatic hydroxyl groups excluding tert-OH is 1.